The predicted molar refractivity (Wildman–Crippen MR) is 97.5 cm³/mol. The van der Waals surface area contributed by atoms with Gasteiger partial charge >= 0.3 is 6.01 Å². The summed E-state index contributed by atoms with van der Waals surface area (Å²) in [5.41, 5.74) is 14.2. The SMILES string of the molecule is CC1c2c(N)cc3nc(Oc4cc(Cl)ccc4Cl)ncc3c2OC1N. The lowest BCUT2D eigenvalue weighted by molar-refractivity contribution is 0.221. The average Bonchev–Trinajstić information content (AvgIpc) is 2.87. The van der Waals surface area contributed by atoms with E-state index in [1.807, 2.05) is 6.92 Å². The third-order valence-electron chi connectivity index (χ3n) is 4.19. The number of aromatic nitrogens is 2. The molecule has 2 heterocycles. The van der Waals surface area contributed by atoms with Crippen LogP contribution in [0, 0.1) is 0 Å². The van der Waals surface area contributed by atoms with E-state index >= 15 is 0 Å². The molecule has 4 rings (SSSR count). The molecule has 0 saturated heterocycles. The van der Waals surface area contributed by atoms with Gasteiger partial charge < -0.3 is 15.2 Å². The van der Waals surface area contributed by atoms with Crippen molar-refractivity contribution >= 4 is 39.8 Å². The van der Waals surface area contributed by atoms with Gasteiger partial charge in [-0.2, -0.15) is 4.98 Å². The number of anilines is 1. The minimum absolute atomic E-state index is 0.000550. The summed E-state index contributed by atoms with van der Waals surface area (Å²) >= 11 is 12.1. The fourth-order valence-corrected chi connectivity index (χ4v) is 3.18. The van der Waals surface area contributed by atoms with Gasteiger partial charge in [0.2, 0.25) is 0 Å². The molecule has 2 unspecified atom stereocenters. The summed E-state index contributed by atoms with van der Waals surface area (Å²) in [6.07, 6.45) is 1.18. The van der Waals surface area contributed by atoms with Gasteiger partial charge in [0.25, 0.3) is 0 Å². The fourth-order valence-electron chi connectivity index (χ4n) is 2.87. The van der Waals surface area contributed by atoms with Gasteiger partial charge in [0, 0.05) is 34.5 Å². The molecule has 3 aromatic rings. The summed E-state index contributed by atoms with van der Waals surface area (Å²) in [6, 6.07) is 6.80. The molecule has 0 fully saturated rings. The predicted octanol–water partition coefficient (Wildman–Crippen LogP) is 4.09. The monoisotopic (exact) mass is 376 g/mol. The highest BCUT2D eigenvalue weighted by atomic mass is 35.5. The number of rotatable bonds is 2. The van der Waals surface area contributed by atoms with E-state index in [1.54, 1.807) is 30.5 Å². The van der Waals surface area contributed by atoms with Crippen LogP contribution in [0.2, 0.25) is 10.0 Å². The number of benzene rings is 2. The smallest absolute Gasteiger partial charge is 0.322 e. The minimum atomic E-state index is -0.441. The summed E-state index contributed by atoms with van der Waals surface area (Å²) in [7, 11) is 0. The van der Waals surface area contributed by atoms with Gasteiger partial charge in [-0.1, -0.05) is 30.1 Å². The van der Waals surface area contributed by atoms with Gasteiger partial charge in [-0.25, -0.2) is 4.98 Å². The topological polar surface area (TPSA) is 96.3 Å². The Bertz CT molecular complexity index is 996. The first kappa shape index (κ1) is 16.2. The molecule has 0 spiro atoms. The van der Waals surface area contributed by atoms with Crippen LogP contribution in [0.25, 0.3) is 10.9 Å². The first-order chi connectivity index (χ1) is 11.9. The summed E-state index contributed by atoms with van der Waals surface area (Å²) in [5, 5.41) is 1.64. The van der Waals surface area contributed by atoms with Crippen molar-refractivity contribution in [1.29, 1.82) is 0 Å². The molecule has 1 aliphatic heterocycles. The zero-order valence-electron chi connectivity index (χ0n) is 13.2. The third kappa shape index (κ3) is 2.72. The zero-order chi connectivity index (χ0) is 17.7. The molecule has 0 radical (unpaired) electrons. The lowest BCUT2D eigenvalue weighted by Crippen LogP contribution is -2.27. The number of hydrogen-bond donors (Lipinski definition) is 2. The largest absolute Gasteiger partial charge is 0.474 e. The van der Waals surface area contributed by atoms with Crippen LogP contribution in [0.5, 0.6) is 17.5 Å². The Morgan fingerprint density at radius 2 is 2.04 bits per heavy atom. The molecule has 2 atom stereocenters. The van der Waals surface area contributed by atoms with Crippen LogP contribution >= 0.6 is 23.2 Å². The molecule has 6 nitrogen and oxygen atoms in total. The van der Waals surface area contributed by atoms with Crippen molar-refractivity contribution < 1.29 is 9.47 Å². The first-order valence-corrected chi connectivity index (χ1v) is 8.34. The van der Waals surface area contributed by atoms with Crippen molar-refractivity contribution in [2.45, 2.75) is 19.1 Å². The summed E-state index contributed by atoms with van der Waals surface area (Å²) < 4.78 is 11.4. The number of halogens is 2. The molecule has 25 heavy (non-hydrogen) atoms. The van der Waals surface area contributed by atoms with Crippen molar-refractivity contribution in [3.8, 4) is 17.5 Å². The molecular formula is C17H14Cl2N4O2. The standard InChI is InChI=1S/C17H14Cl2N4O2/c1-7-14-11(20)5-12-9(15(14)25-16(7)21)6-22-17(23-12)24-13-4-8(18)2-3-10(13)19/h2-7,16H,20-21H2,1H3. The first-order valence-electron chi connectivity index (χ1n) is 7.58. The normalized spacial score (nSPS) is 18.9. The van der Waals surface area contributed by atoms with Crippen LogP contribution in [0.1, 0.15) is 18.4 Å². The van der Waals surface area contributed by atoms with Crippen molar-refractivity contribution in [1.82, 2.24) is 9.97 Å². The second-order valence-corrected chi connectivity index (χ2v) is 6.69. The molecule has 4 N–H and O–H groups in total. The number of nitrogen functional groups attached to an aromatic ring is 1. The number of hydrogen-bond acceptors (Lipinski definition) is 6. The van der Waals surface area contributed by atoms with Gasteiger partial charge in [-0.05, 0) is 18.2 Å². The maximum absolute atomic E-state index is 6.16. The highest BCUT2D eigenvalue weighted by Gasteiger charge is 2.32. The second kappa shape index (κ2) is 5.91. The van der Waals surface area contributed by atoms with Crippen LogP contribution in [0.3, 0.4) is 0 Å². The molecule has 128 valence electrons. The van der Waals surface area contributed by atoms with Crippen molar-refractivity contribution in [3.63, 3.8) is 0 Å². The van der Waals surface area contributed by atoms with Crippen LogP contribution in [0.4, 0.5) is 5.69 Å². The highest BCUT2D eigenvalue weighted by molar-refractivity contribution is 6.34. The van der Waals surface area contributed by atoms with E-state index in [4.69, 9.17) is 44.1 Å². The Morgan fingerprint density at radius 3 is 2.84 bits per heavy atom. The summed E-state index contributed by atoms with van der Waals surface area (Å²) in [4.78, 5) is 8.63. The van der Waals surface area contributed by atoms with Crippen LogP contribution in [0.15, 0.2) is 30.5 Å². The van der Waals surface area contributed by atoms with E-state index in [1.165, 1.54) is 0 Å². The Morgan fingerprint density at radius 1 is 1.24 bits per heavy atom. The molecule has 2 aromatic carbocycles. The molecular weight excluding hydrogens is 363 g/mol. The van der Waals surface area contributed by atoms with Gasteiger partial charge in [-0.3, -0.25) is 5.73 Å². The zero-order valence-corrected chi connectivity index (χ0v) is 14.7. The number of ether oxygens (including phenoxy) is 2. The quantitative estimate of drug-likeness (QED) is 0.653. The summed E-state index contributed by atoms with van der Waals surface area (Å²) in [5.74, 6) is 0.998. The highest BCUT2D eigenvalue weighted by Crippen LogP contribution is 2.45. The lowest BCUT2D eigenvalue weighted by Gasteiger charge is -2.10. The van der Waals surface area contributed by atoms with Gasteiger partial charge in [0.05, 0.1) is 15.9 Å². The van der Waals surface area contributed by atoms with E-state index in [2.05, 4.69) is 9.97 Å². The number of nitrogens with two attached hydrogens (primary N) is 2. The van der Waals surface area contributed by atoms with Crippen molar-refractivity contribution in [2.24, 2.45) is 5.73 Å². The van der Waals surface area contributed by atoms with E-state index in [9.17, 15) is 0 Å². The molecule has 0 amide bonds. The van der Waals surface area contributed by atoms with E-state index in [0.29, 0.717) is 32.7 Å². The van der Waals surface area contributed by atoms with Gasteiger partial charge in [0.1, 0.15) is 5.75 Å². The van der Waals surface area contributed by atoms with Crippen LogP contribution < -0.4 is 20.9 Å². The van der Waals surface area contributed by atoms with Crippen molar-refractivity contribution in [3.05, 3.63) is 46.1 Å². The Balaban J connectivity index is 1.78. The molecule has 0 aliphatic carbocycles. The van der Waals surface area contributed by atoms with Crippen LogP contribution in [-0.2, 0) is 0 Å². The number of fused-ring (bicyclic) bond motifs is 3. The summed E-state index contributed by atoms with van der Waals surface area (Å²) in [6.45, 7) is 1.97. The maximum atomic E-state index is 6.16. The van der Waals surface area contributed by atoms with E-state index in [0.717, 1.165) is 10.9 Å². The van der Waals surface area contributed by atoms with Gasteiger partial charge in [-0.15, -0.1) is 0 Å². The Labute approximate surface area is 153 Å². The van der Waals surface area contributed by atoms with E-state index < -0.39 is 6.23 Å². The lowest BCUT2D eigenvalue weighted by atomic mass is 9.98. The molecule has 0 bridgehead atoms. The molecule has 1 aromatic heterocycles. The Hall–Kier alpha value is -2.28. The second-order valence-electron chi connectivity index (χ2n) is 5.84. The Kier molecular flexibility index (Phi) is 3.83. The van der Waals surface area contributed by atoms with Crippen molar-refractivity contribution in [2.75, 3.05) is 5.73 Å². The van der Waals surface area contributed by atoms with Crippen LogP contribution in [-0.4, -0.2) is 16.2 Å². The molecule has 0 saturated carbocycles. The fraction of sp³-hybridized carbons (Fsp3) is 0.176. The molecule has 8 heteroatoms. The molecule has 1 aliphatic rings. The maximum Gasteiger partial charge on any atom is 0.322 e. The minimum Gasteiger partial charge on any atom is -0.474 e. The van der Waals surface area contributed by atoms with Gasteiger partial charge in [0.15, 0.2) is 12.0 Å². The average molecular weight is 377 g/mol. The van der Waals surface area contributed by atoms with E-state index in [-0.39, 0.29) is 11.9 Å². The third-order valence-corrected chi connectivity index (χ3v) is 4.73. The number of nitrogens with zero attached hydrogens (tertiary/aromatic N) is 2.